The van der Waals surface area contributed by atoms with E-state index in [1.807, 2.05) is 67.6 Å². The van der Waals surface area contributed by atoms with Crippen LogP contribution in [0.1, 0.15) is 24.0 Å². The summed E-state index contributed by atoms with van der Waals surface area (Å²) in [5, 5.41) is 14.1. The van der Waals surface area contributed by atoms with E-state index in [1.165, 1.54) is 0 Å². The van der Waals surface area contributed by atoms with Gasteiger partial charge in [-0.1, -0.05) is 48.5 Å². The fourth-order valence-corrected chi connectivity index (χ4v) is 5.73. The summed E-state index contributed by atoms with van der Waals surface area (Å²) in [7, 11) is -3.71. The van der Waals surface area contributed by atoms with Gasteiger partial charge in [-0.2, -0.15) is 0 Å². The number of nitrogens with zero attached hydrogens (tertiary/aromatic N) is 2. The summed E-state index contributed by atoms with van der Waals surface area (Å²) in [6.45, 7) is 4.79. The van der Waals surface area contributed by atoms with Crippen LogP contribution < -0.4 is 10.0 Å². The lowest BCUT2D eigenvalue weighted by Crippen LogP contribution is -2.32. The maximum Gasteiger partial charge on any atom is 0.240 e. The zero-order chi connectivity index (χ0) is 24.4. The van der Waals surface area contributed by atoms with E-state index >= 15 is 0 Å². The first-order valence-electron chi connectivity index (χ1n) is 11.7. The first-order chi connectivity index (χ1) is 16.9. The zero-order valence-electron chi connectivity index (χ0n) is 19.8. The van der Waals surface area contributed by atoms with Crippen molar-refractivity contribution in [3.8, 4) is 11.3 Å². The number of ether oxygens (including phenoxy) is 1. The number of benzene rings is 3. The van der Waals surface area contributed by atoms with Gasteiger partial charge in [-0.15, -0.1) is 10.2 Å². The number of nitrogens with one attached hydrogen (secondary N) is 2. The van der Waals surface area contributed by atoms with Crippen LogP contribution in [0.2, 0.25) is 0 Å². The van der Waals surface area contributed by atoms with E-state index in [0.29, 0.717) is 29.2 Å². The molecule has 1 atom stereocenters. The SMILES string of the molecule is Cc1cccc(Nc2nnc(-c3ccc(C)c(S(=O)(=O)NC[C@@H]4CCCO4)c3)c3ccccc23)c1. The molecule has 180 valence electrons. The molecule has 0 saturated carbocycles. The molecule has 1 fully saturated rings. The number of anilines is 2. The molecule has 1 aromatic heterocycles. The summed E-state index contributed by atoms with van der Waals surface area (Å²) < 4.78 is 34.5. The third kappa shape index (κ3) is 5.05. The molecule has 5 rings (SSSR count). The van der Waals surface area contributed by atoms with Crippen LogP contribution in [0.3, 0.4) is 0 Å². The first-order valence-corrected chi connectivity index (χ1v) is 13.2. The fourth-order valence-electron chi connectivity index (χ4n) is 4.39. The van der Waals surface area contributed by atoms with Gasteiger partial charge in [0.1, 0.15) is 5.69 Å². The largest absolute Gasteiger partial charge is 0.377 e. The molecule has 0 unspecified atom stereocenters. The monoisotopic (exact) mass is 488 g/mol. The molecule has 35 heavy (non-hydrogen) atoms. The van der Waals surface area contributed by atoms with Gasteiger partial charge in [-0.3, -0.25) is 0 Å². The number of aryl methyl sites for hydroxylation is 2. The van der Waals surface area contributed by atoms with Crippen molar-refractivity contribution in [3.05, 3.63) is 77.9 Å². The summed E-state index contributed by atoms with van der Waals surface area (Å²) in [5.74, 6) is 0.646. The number of rotatable bonds is 7. The normalized spacial score (nSPS) is 16.0. The minimum atomic E-state index is -3.71. The molecular weight excluding hydrogens is 460 g/mol. The average Bonchev–Trinajstić information content (AvgIpc) is 3.37. The highest BCUT2D eigenvalue weighted by molar-refractivity contribution is 7.89. The van der Waals surface area contributed by atoms with E-state index in [-0.39, 0.29) is 17.5 Å². The number of hydrogen-bond acceptors (Lipinski definition) is 6. The summed E-state index contributed by atoms with van der Waals surface area (Å²) in [6.07, 6.45) is 1.75. The molecule has 0 bridgehead atoms. The highest BCUT2D eigenvalue weighted by Gasteiger charge is 2.23. The van der Waals surface area contributed by atoms with Crippen molar-refractivity contribution in [2.75, 3.05) is 18.5 Å². The quantitative estimate of drug-likeness (QED) is 0.375. The highest BCUT2D eigenvalue weighted by Crippen LogP contribution is 2.33. The Bertz CT molecular complexity index is 1480. The topological polar surface area (TPSA) is 93.2 Å². The minimum Gasteiger partial charge on any atom is -0.377 e. The van der Waals surface area contributed by atoms with Crippen molar-refractivity contribution >= 4 is 32.3 Å². The van der Waals surface area contributed by atoms with Crippen LogP contribution >= 0.6 is 0 Å². The number of hydrogen-bond donors (Lipinski definition) is 2. The molecule has 1 saturated heterocycles. The Morgan fingerprint density at radius 1 is 0.971 bits per heavy atom. The van der Waals surface area contributed by atoms with Gasteiger partial charge in [0.05, 0.1) is 11.0 Å². The van der Waals surface area contributed by atoms with Crippen molar-refractivity contribution < 1.29 is 13.2 Å². The third-order valence-corrected chi connectivity index (χ3v) is 7.81. The van der Waals surface area contributed by atoms with Gasteiger partial charge in [-0.25, -0.2) is 13.1 Å². The standard InChI is InChI=1S/C27H28N4O3S/c1-18-7-5-8-21(15-18)29-27-24-11-4-3-10-23(24)26(30-31-27)20-13-12-19(2)25(16-20)35(32,33)28-17-22-9-6-14-34-22/h3-5,7-8,10-13,15-16,22,28H,6,9,14,17H2,1-2H3,(H,29,31)/t22-/m0/s1. The van der Waals surface area contributed by atoms with E-state index in [2.05, 4.69) is 20.2 Å². The number of aromatic nitrogens is 2. The fraction of sp³-hybridized carbons (Fsp3) is 0.259. The van der Waals surface area contributed by atoms with Crippen LogP contribution in [0.15, 0.2) is 71.6 Å². The van der Waals surface area contributed by atoms with Crippen molar-refractivity contribution in [2.24, 2.45) is 0 Å². The Kier molecular flexibility index (Phi) is 6.51. The summed E-state index contributed by atoms with van der Waals surface area (Å²) in [6, 6.07) is 21.3. The lowest BCUT2D eigenvalue weighted by molar-refractivity contribution is 0.114. The van der Waals surface area contributed by atoms with Crippen molar-refractivity contribution in [3.63, 3.8) is 0 Å². The number of sulfonamides is 1. The van der Waals surface area contributed by atoms with E-state index < -0.39 is 10.0 Å². The molecule has 4 aromatic rings. The van der Waals surface area contributed by atoms with E-state index in [9.17, 15) is 8.42 Å². The second-order valence-corrected chi connectivity index (χ2v) is 10.6. The van der Waals surface area contributed by atoms with Crippen LogP contribution in [0.25, 0.3) is 22.0 Å². The van der Waals surface area contributed by atoms with Gasteiger partial charge in [0.25, 0.3) is 0 Å². The summed E-state index contributed by atoms with van der Waals surface area (Å²) in [5.41, 5.74) is 4.07. The smallest absolute Gasteiger partial charge is 0.240 e. The predicted molar refractivity (Wildman–Crippen MR) is 138 cm³/mol. The van der Waals surface area contributed by atoms with Crippen LogP contribution in [0, 0.1) is 13.8 Å². The Balaban J connectivity index is 1.51. The maximum atomic E-state index is 13.1. The summed E-state index contributed by atoms with van der Waals surface area (Å²) in [4.78, 5) is 0.237. The van der Waals surface area contributed by atoms with E-state index in [4.69, 9.17) is 4.74 Å². The van der Waals surface area contributed by atoms with Crippen molar-refractivity contribution in [2.45, 2.75) is 37.7 Å². The molecule has 0 spiro atoms. The molecule has 0 amide bonds. The lowest BCUT2D eigenvalue weighted by atomic mass is 10.0. The Morgan fingerprint density at radius 2 is 1.80 bits per heavy atom. The van der Waals surface area contributed by atoms with Crippen LogP contribution in [-0.2, 0) is 14.8 Å². The van der Waals surface area contributed by atoms with E-state index in [1.54, 1.807) is 13.0 Å². The molecule has 2 N–H and O–H groups in total. The lowest BCUT2D eigenvalue weighted by Gasteiger charge is -2.15. The van der Waals surface area contributed by atoms with Crippen LogP contribution in [0.4, 0.5) is 11.5 Å². The molecular formula is C27H28N4O3S. The predicted octanol–water partition coefficient (Wildman–Crippen LogP) is 5.11. The molecule has 7 nitrogen and oxygen atoms in total. The second kappa shape index (κ2) is 9.73. The van der Waals surface area contributed by atoms with Gasteiger partial charge in [0, 0.05) is 35.2 Å². The molecule has 2 heterocycles. The molecule has 1 aliphatic rings. The van der Waals surface area contributed by atoms with Crippen LogP contribution in [0.5, 0.6) is 0 Å². The second-order valence-electron chi connectivity index (χ2n) is 8.90. The Hall–Kier alpha value is -3.33. The molecule has 3 aromatic carbocycles. The van der Waals surface area contributed by atoms with Gasteiger partial charge < -0.3 is 10.1 Å². The first kappa shape index (κ1) is 23.4. The molecule has 0 aliphatic carbocycles. The van der Waals surface area contributed by atoms with Gasteiger partial charge >= 0.3 is 0 Å². The maximum absolute atomic E-state index is 13.1. The Labute approximate surface area is 205 Å². The van der Waals surface area contributed by atoms with Crippen molar-refractivity contribution in [1.29, 1.82) is 0 Å². The molecule has 0 radical (unpaired) electrons. The number of fused-ring (bicyclic) bond motifs is 1. The zero-order valence-corrected chi connectivity index (χ0v) is 20.6. The average molecular weight is 489 g/mol. The van der Waals surface area contributed by atoms with Crippen molar-refractivity contribution in [1.82, 2.24) is 14.9 Å². The van der Waals surface area contributed by atoms with E-state index in [0.717, 1.165) is 34.9 Å². The third-order valence-electron chi connectivity index (χ3n) is 6.24. The van der Waals surface area contributed by atoms with Gasteiger partial charge in [0.15, 0.2) is 5.82 Å². The van der Waals surface area contributed by atoms with Gasteiger partial charge in [0.2, 0.25) is 10.0 Å². The summed E-state index contributed by atoms with van der Waals surface area (Å²) >= 11 is 0. The minimum absolute atomic E-state index is 0.0727. The molecule has 8 heteroatoms. The van der Waals surface area contributed by atoms with Crippen LogP contribution in [-0.4, -0.2) is 37.9 Å². The van der Waals surface area contributed by atoms with Gasteiger partial charge in [-0.05, 0) is 56.0 Å². The Morgan fingerprint density at radius 3 is 2.57 bits per heavy atom. The molecule has 1 aliphatic heterocycles. The highest BCUT2D eigenvalue weighted by atomic mass is 32.2.